The van der Waals surface area contributed by atoms with E-state index in [1.54, 1.807) is 0 Å². The van der Waals surface area contributed by atoms with Gasteiger partial charge in [-0.1, -0.05) is 0 Å². The minimum atomic E-state index is 0.282. The summed E-state index contributed by atoms with van der Waals surface area (Å²) in [6.45, 7) is 5.18. The van der Waals surface area contributed by atoms with E-state index in [1.807, 2.05) is 0 Å². The number of hydrogen-bond donors (Lipinski definition) is 1. The lowest BCUT2D eigenvalue weighted by Crippen LogP contribution is -2.50. The van der Waals surface area contributed by atoms with Gasteiger partial charge in [-0.2, -0.15) is 0 Å². The normalized spacial score (nSPS) is 32.6. The second-order valence-corrected chi connectivity index (χ2v) is 5.61. The number of rotatable bonds is 3. The van der Waals surface area contributed by atoms with Gasteiger partial charge >= 0.3 is 0 Å². The number of nitrogens with zero attached hydrogens (tertiary/aromatic N) is 2. The predicted molar refractivity (Wildman–Crippen MR) is 69.1 cm³/mol. The first-order valence-electron chi connectivity index (χ1n) is 6.79. The summed E-state index contributed by atoms with van der Waals surface area (Å²) in [5.41, 5.74) is 0. The molecule has 2 aliphatic rings. The molecule has 0 radical (unpaired) electrons. The lowest BCUT2D eigenvalue weighted by molar-refractivity contribution is -0.125. The van der Waals surface area contributed by atoms with E-state index in [2.05, 4.69) is 29.2 Å². The Labute approximate surface area is 104 Å². The van der Waals surface area contributed by atoms with Gasteiger partial charge in [0.25, 0.3) is 0 Å². The second kappa shape index (κ2) is 5.94. The van der Waals surface area contributed by atoms with Gasteiger partial charge in [0.05, 0.1) is 0 Å². The summed E-state index contributed by atoms with van der Waals surface area (Å²) in [4.78, 5) is 16.9. The minimum Gasteiger partial charge on any atom is -0.314 e. The molecular weight excluding hydrogens is 214 g/mol. The van der Waals surface area contributed by atoms with E-state index in [0.717, 1.165) is 45.6 Å². The average Bonchev–Trinajstić information content (AvgIpc) is 2.32. The van der Waals surface area contributed by atoms with Crippen LogP contribution >= 0.6 is 0 Å². The highest BCUT2D eigenvalue weighted by Gasteiger charge is 2.28. The molecule has 0 bridgehead atoms. The highest BCUT2D eigenvalue weighted by atomic mass is 16.1. The quantitative estimate of drug-likeness (QED) is 0.763. The van der Waals surface area contributed by atoms with Gasteiger partial charge in [0.15, 0.2) is 0 Å². The van der Waals surface area contributed by atoms with Crippen molar-refractivity contribution >= 4 is 5.78 Å². The highest BCUT2D eigenvalue weighted by Crippen LogP contribution is 2.19. The van der Waals surface area contributed by atoms with Crippen LogP contribution < -0.4 is 5.32 Å². The Balaban J connectivity index is 1.83. The molecule has 4 heteroatoms. The van der Waals surface area contributed by atoms with Crippen LogP contribution in [0.2, 0.25) is 0 Å². The summed E-state index contributed by atoms with van der Waals surface area (Å²) in [5, 5.41) is 3.38. The van der Waals surface area contributed by atoms with Crippen LogP contribution in [-0.4, -0.2) is 68.4 Å². The van der Waals surface area contributed by atoms with Crippen molar-refractivity contribution in [1.29, 1.82) is 0 Å². The zero-order valence-corrected chi connectivity index (χ0v) is 11.1. The maximum Gasteiger partial charge on any atom is 0.138 e. The molecule has 2 rings (SSSR count). The van der Waals surface area contributed by atoms with E-state index in [0.29, 0.717) is 11.8 Å². The third-order valence-corrected chi connectivity index (χ3v) is 4.16. The molecule has 2 saturated heterocycles. The Morgan fingerprint density at radius 3 is 2.88 bits per heavy atom. The number of hydrogen-bond acceptors (Lipinski definition) is 4. The highest BCUT2D eigenvalue weighted by molar-refractivity contribution is 5.82. The summed E-state index contributed by atoms with van der Waals surface area (Å²) in [5.74, 6) is 0.751. The first-order chi connectivity index (χ1) is 8.16. The summed E-state index contributed by atoms with van der Waals surface area (Å²) in [7, 11) is 4.25. The Morgan fingerprint density at radius 2 is 2.18 bits per heavy atom. The molecule has 4 nitrogen and oxygen atoms in total. The van der Waals surface area contributed by atoms with E-state index < -0.39 is 0 Å². The Kier molecular flexibility index (Phi) is 4.54. The lowest BCUT2D eigenvalue weighted by atomic mass is 9.90. The number of Topliss-reactive ketones (excluding diaryl/α,β-unsaturated/α-hetero) is 1. The molecule has 0 aromatic carbocycles. The van der Waals surface area contributed by atoms with Crippen molar-refractivity contribution in [3.05, 3.63) is 0 Å². The molecule has 0 amide bonds. The van der Waals surface area contributed by atoms with E-state index >= 15 is 0 Å². The smallest absolute Gasteiger partial charge is 0.138 e. The maximum absolute atomic E-state index is 12.3. The first kappa shape index (κ1) is 13.0. The first-order valence-corrected chi connectivity index (χ1v) is 6.79. The van der Waals surface area contributed by atoms with Crippen molar-refractivity contribution < 1.29 is 4.79 Å². The number of piperazine rings is 1. The number of carbonyl (C=O) groups is 1. The number of likely N-dealkylation sites (tertiary alicyclic amines) is 1. The molecule has 0 saturated carbocycles. The lowest BCUT2D eigenvalue weighted by Gasteiger charge is -2.35. The largest absolute Gasteiger partial charge is 0.314 e. The zero-order valence-electron chi connectivity index (χ0n) is 11.1. The molecular formula is C13H25N3O. The van der Waals surface area contributed by atoms with E-state index in [4.69, 9.17) is 0 Å². The van der Waals surface area contributed by atoms with Crippen molar-refractivity contribution in [3.8, 4) is 0 Å². The second-order valence-electron chi connectivity index (χ2n) is 5.61. The van der Waals surface area contributed by atoms with Gasteiger partial charge in [-0.15, -0.1) is 0 Å². The van der Waals surface area contributed by atoms with Gasteiger partial charge in [-0.05, 0) is 33.5 Å². The van der Waals surface area contributed by atoms with Crippen LogP contribution in [0, 0.1) is 5.92 Å². The van der Waals surface area contributed by atoms with Crippen LogP contribution in [0.25, 0.3) is 0 Å². The molecule has 0 aliphatic carbocycles. The Morgan fingerprint density at radius 1 is 1.35 bits per heavy atom. The van der Waals surface area contributed by atoms with Gasteiger partial charge in [-0.3, -0.25) is 4.79 Å². The van der Waals surface area contributed by atoms with Crippen LogP contribution in [0.3, 0.4) is 0 Å². The molecule has 2 aliphatic heterocycles. The SMILES string of the molecule is CN1CCCC(C(=O)CC2CNCCN2C)C1. The summed E-state index contributed by atoms with van der Waals surface area (Å²) >= 11 is 0. The molecule has 1 N–H and O–H groups in total. The molecule has 0 spiro atoms. The number of likely N-dealkylation sites (N-methyl/N-ethyl adjacent to an activating group) is 1. The van der Waals surface area contributed by atoms with E-state index in [9.17, 15) is 4.79 Å². The third-order valence-electron chi connectivity index (χ3n) is 4.16. The molecule has 2 atom stereocenters. The summed E-state index contributed by atoms with van der Waals surface area (Å²) < 4.78 is 0. The summed E-state index contributed by atoms with van der Waals surface area (Å²) in [6, 6.07) is 0.406. The summed E-state index contributed by atoms with van der Waals surface area (Å²) in [6.07, 6.45) is 2.99. The van der Waals surface area contributed by atoms with Gasteiger partial charge in [0, 0.05) is 44.6 Å². The number of carbonyl (C=O) groups excluding carboxylic acids is 1. The average molecular weight is 239 g/mol. The van der Waals surface area contributed by atoms with E-state index in [1.165, 1.54) is 6.42 Å². The van der Waals surface area contributed by atoms with Crippen molar-refractivity contribution in [2.75, 3.05) is 46.8 Å². The minimum absolute atomic E-state index is 0.282. The van der Waals surface area contributed by atoms with Crippen LogP contribution in [0.15, 0.2) is 0 Å². The molecule has 98 valence electrons. The number of piperidine rings is 1. The number of ketones is 1. The standard InChI is InChI=1S/C13H25N3O/c1-15-6-3-4-11(10-15)13(17)8-12-9-14-5-7-16(12)2/h11-12,14H,3-10H2,1-2H3. The van der Waals surface area contributed by atoms with Crippen LogP contribution in [0.5, 0.6) is 0 Å². The molecule has 2 fully saturated rings. The van der Waals surface area contributed by atoms with Crippen LogP contribution in [-0.2, 0) is 4.79 Å². The fourth-order valence-corrected chi connectivity index (χ4v) is 2.92. The fourth-order valence-electron chi connectivity index (χ4n) is 2.92. The number of nitrogens with one attached hydrogen (secondary N) is 1. The zero-order chi connectivity index (χ0) is 12.3. The molecule has 2 unspecified atom stereocenters. The van der Waals surface area contributed by atoms with Crippen molar-refractivity contribution in [3.63, 3.8) is 0 Å². The molecule has 17 heavy (non-hydrogen) atoms. The van der Waals surface area contributed by atoms with Crippen LogP contribution in [0.4, 0.5) is 0 Å². The van der Waals surface area contributed by atoms with Gasteiger partial charge in [0.1, 0.15) is 5.78 Å². The van der Waals surface area contributed by atoms with Gasteiger partial charge < -0.3 is 15.1 Å². The molecule has 2 heterocycles. The van der Waals surface area contributed by atoms with Crippen molar-refractivity contribution in [2.45, 2.75) is 25.3 Å². The van der Waals surface area contributed by atoms with Crippen molar-refractivity contribution in [1.82, 2.24) is 15.1 Å². The Hall–Kier alpha value is -0.450. The van der Waals surface area contributed by atoms with Gasteiger partial charge in [0.2, 0.25) is 0 Å². The topological polar surface area (TPSA) is 35.6 Å². The third kappa shape index (κ3) is 3.50. The maximum atomic E-state index is 12.3. The van der Waals surface area contributed by atoms with E-state index in [-0.39, 0.29) is 5.92 Å². The predicted octanol–water partition coefficient (Wildman–Crippen LogP) is 0.191. The molecule has 0 aromatic heterocycles. The fraction of sp³-hybridized carbons (Fsp3) is 0.923. The molecule has 0 aromatic rings. The van der Waals surface area contributed by atoms with Crippen molar-refractivity contribution in [2.24, 2.45) is 5.92 Å². The monoisotopic (exact) mass is 239 g/mol. The van der Waals surface area contributed by atoms with Gasteiger partial charge in [-0.25, -0.2) is 0 Å². The van der Waals surface area contributed by atoms with Crippen LogP contribution in [0.1, 0.15) is 19.3 Å². The Bertz CT molecular complexity index is 269.